The van der Waals surface area contributed by atoms with Crippen molar-refractivity contribution >= 4 is 29.3 Å². The summed E-state index contributed by atoms with van der Waals surface area (Å²) < 4.78 is 5.89. The van der Waals surface area contributed by atoms with Crippen LogP contribution in [-0.4, -0.2) is 5.91 Å². The van der Waals surface area contributed by atoms with E-state index in [1.54, 1.807) is 54.6 Å². The quantitative estimate of drug-likeness (QED) is 0.407. The number of hydrogen-bond acceptors (Lipinski definition) is 4. The molecule has 0 saturated heterocycles. The molecule has 1 amide bonds. The number of benzene rings is 3. The highest BCUT2D eigenvalue weighted by molar-refractivity contribution is 6.31. The Morgan fingerprint density at radius 1 is 1.10 bits per heavy atom. The van der Waals surface area contributed by atoms with Crippen molar-refractivity contribution in [2.45, 2.75) is 13.5 Å². The van der Waals surface area contributed by atoms with Crippen molar-refractivity contribution in [3.63, 3.8) is 0 Å². The fourth-order valence-electron chi connectivity index (χ4n) is 2.86. The van der Waals surface area contributed by atoms with Gasteiger partial charge in [0.1, 0.15) is 24.0 Å². The van der Waals surface area contributed by atoms with Crippen molar-refractivity contribution < 1.29 is 9.53 Å². The number of nitriles is 2. The third-order valence-corrected chi connectivity index (χ3v) is 4.79. The minimum atomic E-state index is -0.544. The average molecular weight is 428 g/mol. The van der Waals surface area contributed by atoms with E-state index >= 15 is 0 Å². The summed E-state index contributed by atoms with van der Waals surface area (Å²) in [6.07, 6.45) is 1.47. The number of halogens is 1. The molecular weight excluding hydrogens is 410 g/mol. The van der Waals surface area contributed by atoms with Crippen molar-refractivity contribution in [3.05, 3.63) is 99.6 Å². The van der Waals surface area contributed by atoms with Crippen LogP contribution in [-0.2, 0) is 11.4 Å². The van der Waals surface area contributed by atoms with Gasteiger partial charge in [-0.25, -0.2) is 0 Å². The molecule has 0 unspecified atom stereocenters. The lowest BCUT2D eigenvalue weighted by Gasteiger charge is -2.11. The van der Waals surface area contributed by atoms with E-state index < -0.39 is 5.91 Å². The van der Waals surface area contributed by atoms with Gasteiger partial charge in [0.2, 0.25) is 0 Å². The van der Waals surface area contributed by atoms with E-state index in [1.807, 2.05) is 25.1 Å². The summed E-state index contributed by atoms with van der Waals surface area (Å²) in [5.74, 6) is -0.0489. The van der Waals surface area contributed by atoms with Crippen molar-refractivity contribution in [1.82, 2.24) is 0 Å². The number of hydrogen-bond donors (Lipinski definition) is 1. The highest BCUT2D eigenvalue weighted by Gasteiger charge is 2.13. The van der Waals surface area contributed by atoms with E-state index in [-0.39, 0.29) is 12.2 Å². The molecule has 3 aromatic rings. The second-order valence-corrected chi connectivity index (χ2v) is 7.12. The van der Waals surface area contributed by atoms with Crippen molar-refractivity contribution in [2.75, 3.05) is 5.32 Å². The van der Waals surface area contributed by atoms with Gasteiger partial charge in [-0.1, -0.05) is 54.1 Å². The Balaban J connectivity index is 1.83. The SMILES string of the molecule is Cc1ccc(Cl)cc1NC(=O)/C(C#N)=C/c1ccccc1OCc1ccccc1C#N. The summed E-state index contributed by atoms with van der Waals surface area (Å²) in [6.45, 7) is 2.02. The highest BCUT2D eigenvalue weighted by atomic mass is 35.5. The molecule has 0 radical (unpaired) electrons. The molecule has 0 fully saturated rings. The Labute approximate surface area is 185 Å². The van der Waals surface area contributed by atoms with Crippen LogP contribution in [0.15, 0.2) is 72.3 Å². The second kappa shape index (κ2) is 10.1. The smallest absolute Gasteiger partial charge is 0.266 e. The summed E-state index contributed by atoms with van der Waals surface area (Å²) in [7, 11) is 0. The minimum Gasteiger partial charge on any atom is -0.488 e. The molecule has 0 aliphatic carbocycles. The van der Waals surface area contributed by atoms with Crippen LogP contribution in [0.2, 0.25) is 5.02 Å². The van der Waals surface area contributed by atoms with Crippen molar-refractivity contribution in [1.29, 1.82) is 10.5 Å². The first-order chi connectivity index (χ1) is 15.0. The third kappa shape index (κ3) is 5.51. The van der Waals surface area contributed by atoms with Crippen molar-refractivity contribution in [2.24, 2.45) is 0 Å². The van der Waals surface area contributed by atoms with Gasteiger partial charge >= 0.3 is 0 Å². The molecule has 3 aromatic carbocycles. The van der Waals surface area contributed by atoms with Crippen LogP contribution >= 0.6 is 11.6 Å². The Hall–Kier alpha value is -4.06. The molecule has 0 heterocycles. The largest absolute Gasteiger partial charge is 0.488 e. The van der Waals surface area contributed by atoms with Crippen LogP contribution in [0.1, 0.15) is 22.3 Å². The molecule has 0 aliphatic rings. The molecule has 0 aromatic heterocycles. The zero-order valence-corrected chi connectivity index (χ0v) is 17.5. The number of aryl methyl sites for hydroxylation is 1. The molecule has 0 bridgehead atoms. The number of carbonyl (C=O) groups is 1. The predicted octanol–water partition coefficient (Wildman–Crippen LogP) is 5.64. The first kappa shape index (κ1) is 21.6. The van der Waals surface area contributed by atoms with E-state index in [0.29, 0.717) is 27.6 Å². The summed E-state index contributed by atoms with van der Waals surface area (Å²) in [6, 6.07) is 23.5. The van der Waals surface area contributed by atoms with Gasteiger partial charge in [0.25, 0.3) is 5.91 Å². The third-order valence-electron chi connectivity index (χ3n) is 4.55. The zero-order chi connectivity index (χ0) is 22.2. The normalized spacial score (nSPS) is 10.6. The van der Waals surface area contributed by atoms with Gasteiger partial charge in [-0.2, -0.15) is 10.5 Å². The van der Waals surface area contributed by atoms with Gasteiger partial charge in [-0.15, -0.1) is 0 Å². The lowest BCUT2D eigenvalue weighted by Crippen LogP contribution is -2.14. The Morgan fingerprint density at radius 3 is 2.61 bits per heavy atom. The van der Waals surface area contributed by atoms with Crippen LogP contribution in [0.25, 0.3) is 6.08 Å². The van der Waals surface area contributed by atoms with E-state index in [2.05, 4.69) is 11.4 Å². The topological polar surface area (TPSA) is 85.9 Å². The number of amides is 1. The first-order valence-corrected chi connectivity index (χ1v) is 9.78. The molecule has 5 nitrogen and oxygen atoms in total. The Morgan fingerprint density at radius 2 is 1.84 bits per heavy atom. The molecule has 6 heteroatoms. The second-order valence-electron chi connectivity index (χ2n) is 6.68. The molecule has 0 spiro atoms. The van der Waals surface area contributed by atoms with Gasteiger partial charge in [0.05, 0.1) is 11.6 Å². The standard InChI is InChI=1S/C25H18ClN3O2/c1-17-10-11-22(26)13-23(17)29-25(30)21(15-28)12-18-6-4-5-9-24(18)31-16-20-8-3-2-7-19(20)14-27/h2-13H,16H2,1H3,(H,29,30)/b21-12+. The summed E-state index contributed by atoms with van der Waals surface area (Å²) >= 11 is 6.00. The molecule has 3 rings (SSSR count). The predicted molar refractivity (Wildman–Crippen MR) is 120 cm³/mol. The van der Waals surface area contributed by atoms with Crippen LogP contribution in [0, 0.1) is 29.6 Å². The number of ether oxygens (including phenoxy) is 1. The van der Waals surface area contributed by atoms with Gasteiger partial charge in [-0.05, 0) is 42.8 Å². The molecule has 1 N–H and O–H groups in total. The first-order valence-electron chi connectivity index (χ1n) is 9.41. The van der Waals surface area contributed by atoms with Crippen LogP contribution in [0.5, 0.6) is 5.75 Å². The summed E-state index contributed by atoms with van der Waals surface area (Å²) in [4.78, 5) is 12.7. The maximum Gasteiger partial charge on any atom is 0.266 e. The monoisotopic (exact) mass is 427 g/mol. The molecule has 0 aliphatic heterocycles. The fourth-order valence-corrected chi connectivity index (χ4v) is 3.04. The van der Waals surface area contributed by atoms with Crippen LogP contribution < -0.4 is 10.1 Å². The lowest BCUT2D eigenvalue weighted by atomic mass is 10.1. The van der Waals surface area contributed by atoms with E-state index in [4.69, 9.17) is 16.3 Å². The lowest BCUT2D eigenvalue weighted by molar-refractivity contribution is -0.112. The van der Waals surface area contributed by atoms with Crippen LogP contribution in [0.4, 0.5) is 5.69 Å². The number of rotatable bonds is 6. The number of nitrogens with one attached hydrogen (secondary N) is 1. The Kier molecular flexibility index (Phi) is 7.06. The number of anilines is 1. The number of para-hydroxylation sites is 1. The zero-order valence-electron chi connectivity index (χ0n) is 16.7. The Bertz CT molecular complexity index is 1240. The van der Waals surface area contributed by atoms with E-state index in [0.717, 1.165) is 11.1 Å². The van der Waals surface area contributed by atoms with Gasteiger partial charge in [0, 0.05) is 21.8 Å². The van der Waals surface area contributed by atoms with Crippen LogP contribution in [0.3, 0.4) is 0 Å². The molecule has 0 saturated carbocycles. The van der Waals surface area contributed by atoms with Gasteiger partial charge in [0.15, 0.2) is 0 Å². The highest BCUT2D eigenvalue weighted by Crippen LogP contribution is 2.24. The summed E-state index contributed by atoms with van der Waals surface area (Å²) in [5.41, 5.74) is 3.15. The number of nitrogens with zero attached hydrogens (tertiary/aromatic N) is 2. The fraction of sp³-hybridized carbons (Fsp3) is 0.0800. The van der Waals surface area contributed by atoms with Gasteiger partial charge < -0.3 is 10.1 Å². The van der Waals surface area contributed by atoms with Gasteiger partial charge in [-0.3, -0.25) is 4.79 Å². The molecule has 0 atom stereocenters. The maximum atomic E-state index is 12.7. The maximum absolute atomic E-state index is 12.7. The van der Waals surface area contributed by atoms with E-state index in [1.165, 1.54) is 6.08 Å². The molecule has 152 valence electrons. The van der Waals surface area contributed by atoms with Crippen molar-refractivity contribution in [3.8, 4) is 17.9 Å². The van der Waals surface area contributed by atoms with E-state index in [9.17, 15) is 15.3 Å². The molecular formula is C25H18ClN3O2. The summed E-state index contributed by atoms with van der Waals surface area (Å²) in [5, 5.41) is 22.0. The average Bonchev–Trinajstić information content (AvgIpc) is 2.79. The molecule has 31 heavy (non-hydrogen) atoms. The minimum absolute atomic E-state index is 0.0761. The number of carbonyl (C=O) groups excluding carboxylic acids is 1.